The maximum atomic E-state index is 12.6. The number of hydrogen-bond donors (Lipinski definition) is 1. The van der Waals surface area contributed by atoms with Gasteiger partial charge in [0, 0.05) is 24.4 Å². The van der Waals surface area contributed by atoms with Crippen LogP contribution < -0.4 is 5.32 Å². The molecule has 3 rings (SSSR count). The number of nitro groups is 1. The highest BCUT2D eigenvalue weighted by atomic mass is 16.6. The van der Waals surface area contributed by atoms with Crippen molar-refractivity contribution in [2.24, 2.45) is 0 Å². The molecule has 3 aromatic carbocycles. The number of anilines is 1. The summed E-state index contributed by atoms with van der Waals surface area (Å²) in [6.45, 7) is 0.800. The van der Waals surface area contributed by atoms with E-state index in [9.17, 15) is 14.9 Å². The quantitative estimate of drug-likeness (QED) is 0.317. The molecule has 0 unspecified atom stereocenters. The Morgan fingerprint density at radius 1 is 0.967 bits per heavy atom. The van der Waals surface area contributed by atoms with Crippen molar-refractivity contribution < 1.29 is 19.2 Å². The van der Waals surface area contributed by atoms with Gasteiger partial charge in [-0.05, 0) is 35.4 Å². The van der Waals surface area contributed by atoms with Crippen molar-refractivity contribution in [2.45, 2.75) is 6.61 Å². The van der Waals surface area contributed by atoms with Crippen LogP contribution in [0.4, 0.5) is 11.4 Å². The normalized spacial score (nSPS) is 10.6. The fourth-order valence-electron chi connectivity index (χ4n) is 2.90. The zero-order valence-corrected chi connectivity index (χ0v) is 16.5. The molecule has 30 heavy (non-hydrogen) atoms. The van der Waals surface area contributed by atoms with Gasteiger partial charge in [0.2, 0.25) is 0 Å². The monoisotopic (exact) mass is 406 g/mol. The van der Waals surface area contributed by atoms with Crippen molar-refractivity contribution in [2.75, 3.05) is 25.6 Å². The first-order chi connectivity index (χ1) is 14.6. The van der Waals surface area contributed by atoms with E-state index in [1.54, 1.807) is 31.4 Å². The zero-order valence-electron chi connectivity index (χ0n) is 16.5. The van der Waals surface area contributed by atoms with Gasteiger partial charge in [0.25, 0.3) is 11.6 Å². The molecule has 0 saturated heterocycles. The number of hydrogen-bond acceptors (Lipinski definition) is 5. The highest BCUT2D eigenvalue weighted by Gasteiger charge is 2.18. The van der Waals surface area contributed by atoms with Gasteiger partial charge >= 0.3 is 0 Å². The summed E-state index contributed by atoms with van der Waals surface area (Å²) in [5.41, 5.74) is 3.17. The van der Waals surface area contributed by atoms with Gasteiger partial charge in [-0.3, -0.25) is 14.9 Å². The van der Waals surface area contributed by atoms with Gasteiger partial charge in [0.05, 0.1) is 30.3 Å². The fraction of sp³-hybridized carbons (Fsp3) is 0.174. The Morgan fingerprint density at radius 3 is 2.33 bits per heavy atom. The smallest absolute Gasteiger partial charge is 0.275 e. The Bertz CT molecular complexity index is 1000. The van der Waals surface area contributed by atoms with Crippen LogP contribution in [0, 0.1) is 10.1 Å². The van der Waals surface area contributed by atoms with Crippen molar-refractivity contribution in [3.05, 3.63) is 94.0 Å². The second-order valence-electron chi connectivity index (χ2n) is 6.54. The summed E-state index contributed by atoms with van der Waals surface area (Å²) in [6, 6.07) is 21.7. The maximum Gasteiger partial charge on any atom is 0.275 e. The van der Waals surface area contributed by atoms with E-state index >= 15 is 0 Å². The third-order valence-electron chi connectivity index (χ3n) is 4.48. The molecule has 154 valence electrons. The molecule has 0 aromatic heterocycles. The summed E-state index contributed by atoms with van der Waals surface area (Å²) in [6.07, 6.45) is 0. The number of carbonyl (C=O) groups is 1. The minimum Gasteiger partial charge on any atom is -0.382 e. The fourth-order valence-corrected chi connectivity index (χ4v) is 2.90. The highest BCUT2D eigenvalue weighted by Crippen LogP contribution is 2.24. The highest BCUT2D eigenvalue weighted by molar-refractivity contribution is 6.04. The standard InChI is InChI=1S/C23H22N2O5/c1-29-13-14-30-16-20-8-7-19(15-22(20)25(27)28)23(26)24-21-11-9-18(10-12-21)17-5-3-2-4-6-17/h2-12,15H,13-14,16H2,1H3,(H,24,26). The molecule has 0 atom stereocenters. The molecule has 7 heteroatoms. The van der Waals surface area contributed by atoms with Crippen LogP contribution in [0.15, 0.2) is 72.8 Å². The number of amides is 1. The first kappa shape index (κ1) is 21.2. The Kier molecular flexibility index (Phi) is 7.26. The number of nitrogens with one attached hydrogen (secondary N) is 1. The van der Waals surface area contributed by atoms with Crippen LogP contribution in [-0.4, -0.2) is 31.2 Å². The van der Waals surface area contributed by atoms with E-state index in [1.165, 1.54) is 6.07 Å². The van der Waals surface area contributed by atoms with Gasteiger partial charge in [0.1, 0.15) is 0 Å². The Labute approximate surface area is 174 Å². The lowest BCUT2D eigenvalue weighted by Crippen LogP contribution is -2.13. The number of carbonyl (C=O) groups excluding carboxylic acids is 1. The summed E-state index contributed by atoms with van der Waals surface area (Å²) in [5, 5.41) is 14.2. The number of nitrogens with zero attached hydrogens (tertiary/aromatic N) is 1. The van der Waals surface area contributed by atoms with Crippen LogP contribution in [0.5, 0.6) is 0 Å². The lowest BCUT2D eigenvalue weighted by atomic mass is 10.1. The second kappa shape index (κ2) is 10.3. The van der Waals surface area contributed by atoms with E-state index in [-0.39, 0.29) is 17.9 Å². The molecular weight excluding hydrogens is 384 g/mol. The summed E-state index contributed by atoms with van der Waals surface area (Å²) in [4.78, 5) is 23.5. The van der Waals surface area contributed by atoms with Crippen LogP contribution in [0.1, 0.15) is 15.9 Å². The average molecular weight is 406 g/mol. The summed E-state index contributed by atoms with van der Waals surface area (Å²) < 4.78 is 10.2. The molecule has 3 aromatic rings. The van der Waals surface area contributed by atoms with E-state index < -0.39 is 10.8 Å². The van der Waals surface area contributed by atoms with Gasteiger partial charge in [-0.2, -0.15) is 0 Å². The third-order valence-corrected chi connectivity index (χ3v) is 4.48. The second-order valence-corrected chi connectivity index (χ2v) is 6.54. The van der Waals surface area contributed by atoms with E-state index in [0.717, 1.165) is 11.1 Å². The molecule has 1 amide bonds. The van der Waals surface area contributed by atoms with Gasteiger partial charge in [0.15, 0.2) is 0 Å². The summed E-state index contributed by atoms with van der Waals surface area (Å²) in [7, 11) is 1.55. The maximum absolute atomic E-state index is 12.6. The minimum absolute atomic E-state index is 0.0719. The zero-order chi connectivity index (χ0) is 21.3. The first-order valence-electron chi connectivity index (χ1n) is 9.39. The molecule has 0 spiro atoms. The molecule has 0 fully saturated rings. The largest absolute Gasteiger partial charge is 0.382 e. The van der Waals surface area contributed by atoms with Crippen LogP contribution in [0.2, 0.25) is 0 Å². The van der Waals surface area contributed by atoms with E-state index in [4.69, 9.17) is 9.47 Å². The van der Waals surface area contributed by atoms with Crippen LogP contribution in [0.25, 0.3) is 11.1 Å². The number of ether oxygens (including phenoxy) is 2. The van der Waals surface area contributed by atoms with Crippen molar-refractivity contribution in [3.8, 4) is 11.1 Å². The molecule has 0 aliphatic rings. The number of methoxy groups -OCH3 is 1. The van der Waals surface area contributed by atoms with Crippen LogP contribution in [-0.2, 0) is 16.1 Å². The molecular formula is C23H22N2O5. The molecule has 0 aliphatic carbocycles. The molecule has 0 radical (unpaired) electrons. The van der Waals surface area contributed by atoms with Crippen molar-refractivity contribution >= 4 is 17.3 Å². The Balaban J connectivity index is 1.70. The van der Waals surface area contributed by atoms with E-state index in [2.05, 4.69) is 5.32 Å². The molecule has 0 heterocycles. The van der Waals surface area contributed by atoms with Gasteiger partial charge < -0.3 is 14.8 Å². The number of nitro benzene ring substituents is 1. The average Bonchev–Trinajstić information content (AvgIpc) is 2.77. The first-order valence-corrected chi connectivity index (χ1v) is 9.39. The predicted octanol–water partition coefficient (Wildman–Crippen LogP) is 4.68. The molecule has 1 N–H and O–H groups in total. The molecule has 0 bridgehead atoms. The van der Waals surface area contributed by atoms with Gasteiger partial charge in [-0.1, -0.05) is 42.5 Å². The Hall–Kier alpha value is -3.55. The van der Waals surface area contributed by atoms with Crippen LogP contribution >= 0.6 is 0 Å². The molecule has 0 aliphatic heterocycles. The lowest BCUT2D eigenvalue weighted by molar-refractivity contribution is -0.386. The molecule has 7 nitrogen and oxygen atoms in total. The lowest BCUT2D eigenvalue weighted by Gasteiger charge is -2.09. The van der Waals surface area contributed by atoms with Crippen molar-refractivity contribution in [3.63, 3.8) is 0 Å². The van der Waals surface area contributed by atoms with Crippen LogP contribution in [0.3, 0.4) is 0 Å². The minimum atomic E-state index is -0.513. The topological polar surface area (TPSA) is 90.7 Å². The van der Waals surface area contributed by atoms with Gasteiger partial charge in [-0.15, -0.1) is 0 Å². The SMILES string of the molecule is COCCOCc1ccc(C(=O)Nc2ccc(-c3ccccc3)cc2)cc1[N+](=O)[O-]. The summed E-state index contributed by atoms with van der Waals surface area (Å²) in [5.74, 6) is -0.419. The predicted molar refractivity (Wildman–Crippen MR) is 114 cm³/mol. The number of rotatable bonds is 9. The third kappa shape index (κ3) is 5.50. The Morgan fingerprint density at radius 2 is 1.67 bits per heavy atom. The summed E-state index contributed by atoms with van der Waals surface area (Å²) >= 11 is 0. The van der Waals surface area contributed by atoms with Gasteiger partial charge in [-0.25, -0.2) is 0 Å². The van der Waals surface area contributed by atoms with E-state index in [1.807, 2.05) is 42.5 Å². The van der Waals surface area contributed by atoms with Crippen molar-refractivity contribution in [1.82, 2.24) is 0 Å². The molecule has 0 saturated carbocycles. The van der Waals surface area contributed by atoms with E-state index in [0.29, 0.717) is 24.5 Å². The number of benzene rings is 3. The van der Waals surface area contributed by atoms with Crippen molar-refractivity contribution in [1.29, 1.82) is 0 Å².